The minimum atomic E-state index is 0.629. The van der Waals surface area contributed by atoms with Gasteiger partial charge in [0.15, 0.2) is 0 Å². The second-order valence-electron chi connectivity index (χ2n) is 8.18. The van der Waals surface area contributed by atoms with Crippen molar-refractivity contribution in [3.8, 4) is 0 Å². The normalized spacial score (nSPS) is 20.7. The Morgan fingerprint density at radius 1 is 0.960 bits per heavy atom. The number of allylic oxidation sites excluding steroid dienone is 9. The molecule has 140 valence electrons. The molecule has 1 rings (SSSR count). The second kappa shape index (κ2) is 12.1. The van der Waals surface area contributed by atoms with E-state index in [1.165, 1.54) is 55.2 Å². The van der Waals surface area contributed by atoms with E-state index in [0.717, 1.165) is 19.3 Å². The summed E-state index contributed by atoms with van der Waals surface area (Å²) in [7, 11) is 0. The first kappa shape index (κ1) is 21.7. The minimum absolute atomic E-state index is 0.629. The number of hydrogen-bond acceptors (Lipinski definition) is 0. The summed E-state index contributed by atoms with van der Waals surface area (Å²) in [5.41, 5.74) is 7.48. The van der Waals surface area contributed by atoms with Crippen LogP contribution in [-0.4, -0.2) is 0 Å². The topological polar surface area (TPSA) is 0 Å². The summed E-state index contributed by atoms with van der Waals surface area (Å²) in [4.78, 5) is 0. The van der Waals surface area contributed by atoms with Gasteiger partial charge in [0.2, 0.25) is 0 Å². The van der Waals surface area contributed by atoms with Gasteiger partial charge in [-0.3, -0.25) is 0 Å². The largest absolute Gasteiger partial charge is 0.0996 e. The van der Waals surface area contributed by atoms with E-state index in [1.54, 1.807) is 11.1 Å². The van der Waals surface area contributed by atoms with E-state index in [9.17, 15) is 0 Å². The third kappa shape index (κ3) is 10.3. The first-order valence-corrected chi connectivity index (χ1v) is 10.2. The molecule has 0 radical (unpaired) electrons. The highest BCUT2D eigenvalue weighted by atomic mass is 14.2. The molecule has 1 aliphatic carbocycles. The van der Waals surface area contributed by atoms with Crippen LogP contribution < -0.4 is 0 Å². The van der Waals surface area contributed by atoms with Gasteiger partial charge in [-0.2, -0.15) is 0 Å². The SMILES string of the molecule is C=C(CCC=C(C)C)C1CC=C(C)CCC=C(C)CCC=C(C)CC1. The zero-order chi connectivity index (χ0) is 18.7. The lowest BCUT2D eigenvalue weighted by molar-refractivity contribution is 0.545. The van der Waals surface area contributed by atoms with Crippen molar-refractivity contribution in [2.24, 2.45) is 5.92 Å². The zero-order valence-electron chi connectivity index (χ0n) is 17.5. The quantitative estimate of drug-likeness (QED) is 0.450. The number of hydrogen-bond donors (Lipinski definition) is 0. The van der Waals surface area contributed by atoms with E-state index < -0.39 is 0 Å². The second-order valence-corrected chi connectivity index (χ2v) is 8.18. The molecule has 1 unspecified atom stereocenters. The molecule has 0 heteroatoms. The first-order chi connectivity index (χ1) is 11.9. The number of rotatable bonds is 4. The molecule has 0 saturated heterocycles. The lowest BCUT2D eigenvalue weighted by Crippen LogP contribution is -2.04. The van der Waals surface area contributed by atoms with Crippen molar-refractivity contribution >= 4 is 0 Å². The molecule has 1 aliphatic rings. The summed E-state index contributed by atoms with van der Waals surface area (Å²) in [6.45, 7) is 15.7. The molecule has 0 N–H and O–H groups in total. The molecular formula is C25H40. The molecule has 0 aliphatic heterocycles. The maximum atomic E-state index is 4.45. The van der Waals surface area contributed by atoms with Gasteiger partial charge >= 0.3 is 0 Å². The Labute approximate surface area is 157 Å². The van der Waals surface area contributed by atoms with Crippen LogP contribution in [0.5, 0.6) is 0 Å². The maximum Gasteiger partial charge on any atom is -0.0168 e. The Morgan fingerprint density at radius 3 is 2.12 bits per heavy atom. The maximum absolute atomic E-state index is 4.45. The highest BCUT2D eigenvalue weighted by Crippen LogP contribution is 2.27. The van der Waals surface area contributed by atoms with Crippen molar-refractivity contribution in [3.63, 3.8) is 0 Å². The molecule has 0 aromatic carbocycles. The highest BCUT2D eigenvalue weighted by Gasteiger charge is 2.12. The summed E-state index contributed by atoms with van der Waals surface area (Å²) in [6, 6.07) is 0. The van der Waals surface area contributed by atoms with Crippen LogP contribution in [0, 0.1) is 5.92 Å². The van der Waals surface area contributed by atoms with Crippen LogP contribution in [0.3, 0.4) is 0 Å². The zero-order valence-corrected chi connectivity index (χ0v) is 17.5. The molecule has 0 saturated carbocycles. The van der Waals surface area contributed by atoms with Crippen LogP contribution in [0.4, 0.5) is 0 Å². The fourth-order valence-corrected chi connectivity index (χ4v) is 3.38. The van der Waals surface area contributed by atoms with Crippen LogP contribution in [0.15, 0.2) is 58.7 Å². The van der Waals surface area contributed by atoms with Crippen molar-refractivity contribution < 1.29 is 0 Å². The highest BCUT2D eigenvalue weighted by molar-refractivity contribution is 5.11. The molecule has 0 heterocycles. The van der Waals surface area contributed by atoms with Crippen LogP contribution >= 0.6 is 0 Å². The lowest BCUT2D eigenvalue weighted by atomic mass is 9.86. The minimum Gasteiger partial charge on any atom is -0.0996 e. The summed E-state index contributed by atoms with van der Waals surface area (Å²) in [5.74, 6) is 0.629. The van der Waals surface area contributed by atoms with Crippen molar-refractivity contribution in [2.75, 3.05) is 0 Å². The van der Waals surface area contributed by atoms with Crippen LogP contribution in [0.2, 0.25) is 0 Å². The van der Waals surface area contributed by atoms with Crippen molar-refractivity contribution in [2.45, 2.75) is 92.4 Å². The fraction of sp³-hybridized carbons (Fsp3) is 0.600. The van der Waals surface area contributed by atoms with Gasteiger partial charge in [-0.1, -0.05) is 58.7 Å². The summed E-state index contributed by atoms with van der Waals surface area (Å²) in [5, 5.41) is 0. The Hall–Kier alpha value is -1.30. The summed E-state index contributed by atoms with van der Waals surface area (Å²) < 4.78 is 0. The van der Waals surface area contributed by atoms with Gasteiger partial charge in [0.05, 0.1) is 0 Å². The van der Waals surface area contributed by atoms with E-state index in [0.29, 0.717) is 5.92 Å². The van der Waals surface area contributed by atoms with Gasteiger partial charge in [0.1, 0.15) is 0 Å². The molecular weight excluding hydrogens is 300 g/mol. The van der Waals surface area contributed by atoms with E-state index >= 15 is 0 Å². The lowest BCUT2D eigenvalue weighted by Gasteiger charge is -2.19. The average Bonchev–Trinajstić information content (AvgIpc) is 2.53. The molecule has 0 spiro atoms. The summed E-state index contributed by atoms with van der Waals surface area (Å²) >= 11 is 0. The third-order valence-electron chi connectivity index (χ3n) is 5.30. The van der Waals surface area contributed by atoms with E-state index in [1.807, 2.05) is 0 Å². The summed E-state index contributed by atoms with van der Waals surface area (Å²) in [6.07, 6.45) is 20.4. The first-order valence-electron chi connectivity index (χ1n) is 10.2. The Bertz CT molecular complexity index is 532. The van der Waals surface area contributed by atoms with Gasteiger partial charge in [0.25, 0.3) is 0 Å². The Morgan fingerprint density at radius 2 is 1.52 bits per heavy atom. The van der Waals surface area contributed by atoms with Crippen LogP contribution in [-0.2, 0) is 0 Å². The molecule has 0 aromatic heterocycles. The predicted molar refractivity (Wildman–Crippen MR) is 115 cm³/mol. The smallest absolute Gasteiger partial charge is 0.0168 e. The molecule has 0 aromatic rings. The average molecular weight is 341 g/mol. The Kier molecular flexibility index (Phi) is 10.5. The standard InChI is InChI=1S/C25H40/c1-20(2)10-7-15-24(6)25-18-16-22(4)13-8-11-21(3)12-9-14-23(5)17-19-25/h10-11,14,16,25H,6-9,12-13,15,17-19H2,1-5H3. The van der Waals surface area contributed by atoms with Crippen molar-refractivity contribution in [1.29, 1.82) is 0 Å². The molecule has 0 fully saturated rings. The van der Waals surface area contributed by atoms with Crippen LogP contribution in [0.1, 0.15) is 92.4 Å². The molecule has 0 bridgehead atoms. The molecule has 0 amide bonds. The van der Waals surface area contributed by atoms with Gasteiger partial charge in [-0.15, -0.1) is 0 Å². The van der Waals surface area contributed by atoms with E-state index in [4.69, 9.17) is 0 Å². The fourth-order valence-electron chi connectivity index (χ4n) is 3.38. The van der Waals surface area contributed by atoms with Gasteiger partial charge < -0.3 is 0 Å². The Balaban J connectivity index is 2.78. The van der Waals surface area contributed by atoms with E-state index in [2.05, 4.69) is 65.5 Å². The molecule has 25 heavy (non-hydrogen) atoms. The van der Waals surface area contributed by atoms with Gasteiger partial charge in [-0.25, -0.2) is 0 Å². The third-order valence-corrected chi connectivity index (χ3v) is 5.30. The predicted octanol–water partition coefficient (Wildman–Crippen LogP) is 8.49. The van der Waals surface area contributed by atoms with Gasteiger partial charge in [-0.05, 0) is 98.3 Å². The van der Waals surface area contributed by atoms with Crippen molar-refractivity contribution in [3.05, 3.63) is 58.7 Å². The molecule has 1 atom stereocenters. The monoisotopic (exact) mass is 340 g/mol. The van der Waals surface area contributed by atoms with E-state index in [-0.39, 0.29) is 0 Å². The molecule has 0 nitrogen and oxygen atoms in total. The van der Waals surface area contributed by atoms with Gasteiger partial charge in [0, 0.05) is 0 Å². The van der Waals surface area contributed by atoms with Crippen molar-refractivity contribution in [1.82, 2.24) is 0 Å². The van der Waals surface area contributed by atoms with Crippen LogP contribution in [0.25, 0.3) is 0 Å².